The minimum Gasteiger partial charge on any atom is -0.493 e. The highest BCUT2D eigenvalue weighted by molar-refractivity contribution is 5.33. The summed E-state index contributed by atoms with van der Waals surface area (Å²) in [5.41, 5.74) is 0.897. The van der Waals surface area contributed by atoms with Crippen LogP contribution in [0.4, 0.5) is 4.39 Å². The van der Waals surface area contributed by atoms with Crippen LogP contribution in [0.1, 0.15) is 32.3 Å². The number of halogens is 1. The summed E-state index contributed by atoms with van der Waals surface area (Å²) in [6.45, 7) is 10.4. The van der Waals surface area contributed by atoms with E-state index in [4.69, 9.17) is 4.74 Å². The maximum absolute atomic E-state index is 13.3. The van der Waals surface area contributed by atoms with Crippen molar-refractivity contribution in [2.75, 3.05) is 6.61 Å². The van der Waals surface area contributed by atoms with Crippen LogP contribution in [-0.2, 0) is 0 Å². The van der Waals surface area contributed by atoms with E-state index in [-0.39, 0.29) is 11.7 Å². The minimum absolute atomic E-state index is 0.136. The van der Waals surface area contributed by atoms with Crippen molar-refractivity contribution in [1.82, 2.24) is 0 Å². The molecule has 1 rings (SSSR count). The highest BCUT2D eigenvalue weighted by Gasteiger charge is 2.06. The van der Waals surface area contributed by atoms with Crippen LogP contribution < -0.4 is 4.74 Å². The molecule has 0 saturated carbocycles. The summed E-state index contributed by atoms with van der Waals surface area (Å²) in [6, 6.07) is 4.81. The van der Waals surface area contributed by atoms with E-state index < -0.39 is 0 Å². The second-order valence-corrected chi connectivity index (χ2v) is 4.45. The van der Waals surface area contributed by atoms with Crippen molar-refractivity contribution < 1.29 is 9.13 Å². The fourth-order valence-electron chi connectivity index (χ4n) is 1.33. The standard InChI is InChI=1S/C14H19FO/c1-5-11(4)12-6-13(15)8-14(7-12)16-9-10(2)3/h5-8,10-11H,1,9H2,2-4H3. The molecule has 0 aliphatic rings. The van der Waals surface area contributed by atoms with Crippen LogP contribution in [0, 0.1) is 11.7 Å². The zero-order valence-corrected chi connectivity index (χ0v) is 10.2. The largest absolute Gasteiger partial charge is 0.493 e. The lowest BCUT2D eigenvalue weighted by Gasteiger charge is -2.12. The van der Waals surface area contributed by atoms with E-state index >= 15 is 0 Å². The van der Waals surface area contributed by atoms with Crippen molar-refractivity contribution in [2.24, 2.45) is 5.92 Å². The molecule has 1 unspecified atom stereocenters. The monoisotopic (exact) mass is 222 g/mol. The fraction of sp³-hybridized carbons (Fsp3) is 0.429. The molecule has 0 saturated heterocycles. The van der Waals surface area contributed by atoms with Gasteiger partial charge in [-0.2, -0.15) is 0 Å². The van der Waals surface area contributed by atoms with Gasteiger partial charge in [-0.05, 0) is 29.5 Å². The lowest BCUT2D eigenvalue weighted by atomic mass is 10.0. The first-order valence-corrected chi connectivity index (χ1v) is 5.58. The summed E-state index contributed by atoms with van der Waals surface area (Å²) in [7, 11) is 0. The Balaban J connectivity index is 2.85. The van der Waals surface area contributed by atoms with Crippen molar-refractivity contribution >= 4 is 0 Å². The Kier molecular flexibility index (Phi) is 4.53. The van der Waals surface area contributed by atoms with Crippen molar-refractivity contribution in [2.45, 2.75) is 26.7 Å². The predicted molar refractivity (Wildman–Crippen MR) is 65.3 cm³/mol. The van der Waals surface area contributed by atoms with Crippen LogP contribution in [0.5, 0.6) is 5.75 Å². The van der Waals surface area contributed by atoms with E-state index in [0.717, 1.165) is 5.56 Å². The zero-order chi connectivity index (χ0) is 12.1. The molecule has 1 nitrogen and oxygen atoms in total. The van der Waals surface area contributed by atoms with E-state index in [0.29, 0.717) is 18.3 Å². The van der Waals surface area contributed by atoms with E-state index in [1.807, 2.05) is 13.0 Å². The molecule has 1 aromatic carbocycles. The molecule has 0 spiro atoms. The van der Waals surface area contributed by atoms with Gasteiger partial charge in [-0.1, -0.05) is 26.8 Å². The summed E-state index contributed by atoms with van der Waals surface area (Å²) in [4.78, 5) is 0. The van der Waals surface area contributed by atoms with Gasteiger partial charge in [0, 0.05) is 6.07 Å². The average molecular weight is 222 g/mol. The normalized spacial score (nSPS) is 12.6. The first kappa shape index (κ1) is 12.8. The highest BCUT2D eigenvalue weighted by atomic mass is 19.1. The predicted octanol–water partition coefficient (Wildman–Crippen LogP) is 4.15. The first-order valence-electron chi connectivity index (χ1n) is 5.58. The van der Waals surface area contributed by atoms with Gasteiger partial charge in [0.15, 0.2) is 0 Å². The van der Waals surface area contributed by atoms with Gasteiger partial charge in [0.05, 0.1) is 6.61 Å². The Morgan fingerprint density at radius 3 is 2.56 bits per heavy atom. The molecular weight excluding hydrogens is 203 g/mol. The Bertz CT molecular complexity index is 358. The number of ether oxygens (including phenoxy) is 1. The number of hydrogen-bond acceptors (Lipinski definition) is 1. The van der Waals surface area contributed by atoms with Gasteiger partial charge in [0.25, 0.3) is 0 Å². The Morgan fingerprint density at radius 1 is 1.31 bits per heavy atom. The third kappa shape index (κ3) is 3.69. The molecule has 1 aromatic rings. The Labute approximate surface area is 96.9 Å². The molecular formula is C14H19FO. The zero-order valence-electron chi connectivity index (χ0n) is 10.2. The van der Waals surface area contributed by atoms with Gasteiger partial charge in [-0.3, -0.25) is 0 Å². The summed E-state index contributed by atoms with van der Waals surface area (Å²) >= 11 is 0. The highest BCUT2D eigenvalue weighted by Crippen LogP contribution is 2.23. The van der Waals surface area contributed by atoms with Crippen LogP contribution in [0.15, 0.2) is 30.9 Å². The summed E-state index contributed by atoms with van der Waals surface area (Å²) in [5, 5.41) is 0. The number of benzene rings is 1. The lowest BCUT2D eigenvalue weighted by Crippen LogP contribution is -2.05. The molecule has 0 heterocycles. The van der Waals surface area contributed by atoms with Crippen LogP contribution in [0.2, 0.25) is 0 Å². The molecule has 0 bridgehead atoms. The van der Waals surface area contributed by atoms with Crippen LogP contribution in [0.3, 0.4) is 0 Å². The third-order valence-electron chi connectivity index (χ3n) is 2.36. The molecule has 16 heavy (non-hydrogen) atoms. The van der Waals surface area contributed by atoms with Crippen molar-refractivity contribution in [3.8, 4) is 5.75 Å². The molecule has 0 radical (unpaired) electrons. The van der Waals surface area contributed by atoms with Gasteiger partial charge < -0.3 is 4.74 Å². The number of allylic oxidation sites excluding steroid dienone is 1. The molecule has 88 valence electrons. The number of rotatable bonds is 5. The molecule has 2 heteroatoms. The van der Waals surface area contributed by atoms with Crippen LogP contribution >= 0.6 is 0 Å². The summed E-state index contributed by atoms with van der Waals surface area (Å²) in [5.74, 6) is 0.906. The van der Waals surface area contributed by atoms with E-state index in [1.165, 1.54) is 12.1 Å². The van der Waals surface area contributed by atoms with Gasteiger partial charge in [-0.15, -0.1) is 6.58 Å². The minimum atomic E-state index is -0.259. The van der Waals surface area contributed by atoms with Gasteiger partial charge in [-0.25, -0.2) is 4.39 Å². The SMILES string of the molecule is C=CC(C)c1cc(F)cc(OCC(C)C)c1. The van der Waals surface area contributed by atoms with Crippen LogP contribution in [0.25, 0.3) is 0 Å². The van der Waals surface area contributed by atoms with E-state index in [9.17, 15) is 4.39 Å². The molecule has 0 aliphatic carbocycles. The van der Waals surface area contributed by atoms with Crippen molar-refractivity contribution in [3.63, 3.8) is 0 Å². The van der Waals surface area contributed by atoms with Crippen LogP contribution in [-0.4, -0.2) is 6.61 Å². The Hall–Kier alpha value is -1.31. The average Bonchev–Trinajstić information content (AvgIpc) is 2.24. The van der Waals surface area contributed by atoms with Gasteiger partial charge >= 0.3 is 0 Å². The quantitative estimate of drug-likeness (QED) is 0.680. The topological polar surface area (TPSA) is 9.23 Å². The molecule has 1 atom stereocenters. The third-order valence-corrected chi connectivity index (χ3v) is 2.36. The maximum atomic E-state index is 13.3. The Morgan fingerprint density at radius 2 is 2.00 bits per heavy atom. The first-order chi connectivity index (χ1) is 7.52. The molecule has 0 N–H and O–H groups in total. The lowest BCUT2D eigenvalue weighted by molar-refractivity contribution is 0.269. The second kappa shape index (κ2) is 5.69. The molecule has 0 amide bonds. The van der Waals surface area contributed by atoms with Crippen molar-refractivity contribution in [3.05, 3.63) is 42.2 Å². The second-order valence-electron chi connectivity index (χ2n) is 4.45. The van der Waals surface area contributed by atoms with E-state index in [1.54, 1.807) is 6.08 Å². The number of hydrogen-bond donors (Lipinski definition) is 0. The van der Waals surface area contributed by atoms with E-state index in [2.05, 4.69) is 20.4 Å². The smallest absolute Gasteiger partial charge is 0.127 e. The molecule has 0 aromatic heterocycles. The fourth-order valence-corrected chi connectivity index (χ4v) is 1.33. The van der Waals surface area contributed by atoms with Crippen molar-refractivity contribution in [1.29, 1.82) is 0 Å². The van der Waals surface area contributed by atoms with Gasteiger partial charge in [0.2, 0.25) is 0 Å². The summed E-state index contributed by atoms with van der Waals surface area (Å²) < 4.78 is 18.8. The maximum Gasteiger partial charge on any atom is 0.127 e. The summed E-state index contributed by atoms with van der Waals surface area (Å²) in [6.07, 6.45) is 1.79. The molecule has 0 aliphatic heterocycles. The molecule has 0 fully saturated rings. The van der Waals surface area contributed by atoms with Gasteiger partial charge in [0.1, 0.15) is 11.6 Å².